The average molecular weight is 582 g/mol. The number of fused-ring (bicyclic) bond motifs is 1. The second-order valence-corrected chi connectivity index (χ2v) is 13.3. The van der Waals surface area contributed by atoms with Gasteiger partial charge in [0.05, 0.1) is 35.3 Å². The van der Waals surface area contributed by atoms with Crippen LogP contribution in [0, 0.1) is 6.92 Å². The molecule has 2 aliphatic heterocycles. The van der Waals surface area contributed by atoms with E-state index in [1.165, 1.54) is 5.57 Å². The van der Waals surface area contributed by atoms with Gasteiger partial charge >= 0.3 is 0 Å². The maximum Gasteiger partial charge on any atom is 0.229 e. The van der Waals surface area contributed by atoms with Crippen LogP contribution in [0.25, 0.3) is 5.57 Å². The second-order valence-electron chi connectivity index (χ2n) is 10.8. The van der Waals surface area contributed by atoms with E-state index < -0.39 is 10.0 Å². The van der Waals surface area contributed by atoms with Gasteiger partial charge < -0.3 is 15.1 Å². The predicted octanol–water partition coefficient (Wildman–Crippen LogP) is 6.22. The number of pyridine rings is 1. The number of hydrogen-bond acceptors (Lipinski definition) is 5. The van der Waals surface area contributed by atoms with Crippen LogP contribution < -0.4 is 19.8 Å². The first-order chi connectivity index (χ1) is 18.3. The van der Waals surface area contributed by atoms with E-state index in [-0.39, 0.29) is 17.6 Å². The molecule has 0 spiro atoms. The summed E-state index contributed by atoms with van der Waals surface area (Å²) in [6.07, 6.45) is 5.18. The summed E-state index contributed by atoms with van der Waals surface area (Å²) in [5.41, 5.74) is 7.15. The Morgan fingerprint density at radius 3 is 2.51 bits per heavy atom. The number of rotatable bonds is 5. The summed E-state index contributed by atoms with van der Waals surface area (Å²) in [6.45, 7) is 8.37. The number of hydrogen-bond donors (Lipinski definition) is 2. The topological polar surface area (TPSA) is 77.6 Å². The fraction of sp³-hybridized carbons (Fsp3) is 0.310. The largest absolute Gasteiger partial charge is 0.365 e. The molecule has 0 unspecified atom stereocenters. The van der Waals surface area contributed by atoms with Gasteiger partial charge in [0.2, 0.25) is 10.0 Å². The van der Waals surface area contributed by atoms with Crippen molar-refractivity contribution >= 4 is 61.6 Å². The first-order valence-corrected chi connectivity index (χ1v) is 15.3. The molecule has 10 heteroatoms. The molecule has 3 aromatic rings. The van der Waals surface area contributed by atoms with Gasteiger partial charge in [-0.2, -0.15) is 0 Å². The standard InChI is InChI=1S/C29H32ClN5O2S2/c1-17-13-19(10-11-23(17)33-39(6,36)37)35-27(26(32-28(35)38)24-9-7-8-12-31-24)21-14-20-18(2)16-29(3,4)34(5)25(20)15-22(21)30/h7-16,26-27,33H,1-6H3,(H,32,38)/t26-,27-/m1/s1. The molecule has 7 nitrogen and oxygen atoms in total. The number of thiocarbonyl (C=S) groups is 1. The SMILES string of the molecule is CC1=CC(C)(C)N(C)c2cc(Cl)c([C@@H]3[C@@H](c4ccccn4)NC(=S)N3c3ccc(NS(C)(=O)=O)c(C)c3)cc21. The van der Waals surface area contributed by atoms with Crippen LogP contribution >= 0.6 is 23.8 Å². The molecule has 204 valence electrons. The van der Waals surface area contributed by atoms with Crippen molar-refractivity contribution < 1.29 is 8.42 Å². The van der Waals surface area contributed by atoms with E-state index in [1.807, 2.05) is 43.3 Å². The second kappa shape index (κ2) is 9.80. The molecule has 1 fully saturated rings. The van der Waals surface area contributed by atoms with E-state index in [4.69, 9.17) is 23.8 Å². The van der Waals surface area contributed by atoms with Crippen LogP contribution in [-0.2, 0) is 10.0 Å². The highest BCUT2D eigenvalue weighted by Gasteiger charge is 2.42. The molecule has 0 amide bonds. The molecule has 1 saturated heterocycles. The highest BCUT2D eigenvalue weighted by molar-refractivity contribution is 7.92. The zero-order chi connectivity index (χ0) is 28.3. The zero-order valence-corrected chi connectivity index (χ0v) is 25.2. The van der Waals surface area contributed by atoms with E-state index >= 15 is 0 Å². The molecule has 2 atom stereocenters. The normalized spacial score (nSPS) is 20.4. The number of likely N-dealkylation sites (N-methyl/N-ethyl adjacent to an activating group) is 1. The lowest BCUT2D eigenvalue weighted by molar-refractivity contribution is 0.567. The Bertz CT molecular complexity index is 1610. The molecule has 0 saturated carbocycles. The van der Waals surface area contributed by atoms with Gasteiger partial charge in [-0.3, -0.25) is 9.71 Å². The number of aryl methyl sites for hydroxylation is 1. The fourth-order valence-corrected chi connectivity index (χ4v) is 6.72. The third-order valence-corrected chi connectivity index (χ3v) is 8.77. The van der Waals surface area contributed by atoms with Crippen molar-refractivity contribution in [2.24, 2.45) is 0 Å². The summed E-state index contributed by atoms with van der Waals surface area (Å²) in [5.74, 6) is 0. The van der Waals surface area contributed by atoms with Crippen molar-refractivity contribution in [2.45, 2.75) is 45.3 Å². The molecule has 5 rings (SSSR count). The van der Waals surface area contributed by atoms with Crippen molar-refractivity contribution in [3.05, 3.63) is 88.2 Å². The van der Waals surface area contributed by atoms with E-state index in [9.17, 15) is 8.42 Å². The number of anilines is 3. The van der Waals surface area contributed by atoms with Gasteiger partial charge in [-0.25, -0.2) is 8.42 Å². The number of allylic oxidation sites excluding steroid dienone is 1. The maximum absolute atomic E-state index is 11.8. The molecule has 0 bridgehead atoms. The van der Waals surface area contributed by atoms with Crippen LogP contribution in [-0.4, -0.2) is 37.4 Å². The zero-order valence-electron chi connectivity index (χ0n) is 22.8. The lowest BCUT2D eigenvalue weighted by atomic mass is 9.86. The lowest BCUT2D eigenvalue weighted by Gasteiger charge is -2.41. The molecule has 2 N–H and O–H groups in total. The van der Waals surface area contributed by atoms with E-state index in [1.54, 1.807) is 12.3 Å². The van der Waals surface area contributed by atoms with Crippen molar-refractivity contribution in [2.75, 3.05) is 27.8 Å². The summed E-state index contributed by atoms with van der Waals surface area (Å²) in [7, 11) is -1.32. The van der Waals surface area contributed by atoms with Crippen LogP contribution in [0.3, 0.4) is 0 Å². The quantitative estimate of drug-likeness (QED) is 0.346. The van der Waals surface area contributed by atoms with Crippen LogP contribution in [0.2, 0.25) is 5.02 Å². The molecular weight excluding hydrogens is 550 g/mol. The minimum Gasteiger partial charge on any atom is -0.365 e. The lowest BCUT2D eigenvalue weighted by Crippen LogP contribution is -2.42. The highest BCUT2D eigenvalue weighted by Crippen LogP contribution is 2.48. The Morgan fingerprint density at radius 1 is 1.13 bits per heavy atom. The van der Waals surface area contributed by atoms with Crippen molar-refractivity contribution in [1.82, 2.24) is 10.3 Å². The van der Waals surface area contributed by atoms with Crippen molar-refractivity contribution in [3.63, 3.8) is 0 Å². The van der Waals surface area contributed by atoms with Crippen LogP contribution in [0.5, 0.6) is 0 Å². The number of benzene rings is 2. The Labute approximate surface area is 240 Å². The summed E-state index contributed by atoms with van der Waals surface area (Å²) in [6, 6.07) is 15.1. The van der Waals surface area contributed by atoms with Crippen molar-refractivity contribution in [1.29, 1.82) is 0 Å². The van der Waals surface area contributed by atoms with Crippen LogP contribution in [0.4, 0.5) is 17.1 Å². The van der Waals surface area contributed by atoms with Crippen molar-refractivity contribution in [3.8, 4) is 0 Å². The summed E-state index contributed by atoms with van der Waals surface area (Å²) >= 11 is 13.0. The number of nitrogens with one attached hydrogen (secondary N) is 2. The van der Waals surface area contributed by atoms with Gasteiger partial charge in [0, 0.05) is 35.2 Å². The minimum atomic E-state index is -3.41. The number of aromatic nitrogens is 1. The third kappa shape index (κ3) is 5.11. The monoisotopic (exact) mass is 581 g/mol. The predicted molar refractivity (Wildman–Crippen MR) is 165 cm³/mol. The molecule has 0 aliphatic carbocycles. The average Bonchev–Trinajstić information content (AvgIpc) is 3.20. The van der Waals surface area contributed by atoms with Gasteiger partial charge in [-0.1, -0.05) is 23.7 Å². The Hall–Kier alpha value is -3.14. The van der Waals surface area contributed by atoms with Gasteiger partial charge in [0.15, 0.2) is 5.11 Å². The summed E-state index contributed by atoms with van der Waals surface area (Å²) in [4.78, 5) is 8.94. The first-order valence-electron chi connectivity index (χ1n) is 12.6. The number of sulfonamides is 1. The molecule has 1 aromatic heterocycles. The third-order valence-electron chi connectivity index (χ3n) is 7.54. The van der Waals surface area contributed by atoms with Crippen LogP contribution in [0.15, 0.2) is 60.8 Å². The first kappa shape index (κ1) is 27.4. The molecule has 2 aromatic carbocycles. The summed E-state index contributed by atoms with van der Waals surface area (Å²) < 4.78 is 26.3. The molecule has 39 heavy (non-hydrogen) atoms. The molecule has 3 heterocycles. The van der Waals surface area contributed by atoms with Gasteiger partial charge in [-0.05, 0) is 99.1 Å². The van der Waals surface area contributed by atoms with Crippen LogP contribution in [0.1, 0.15) is 55.2 Å². The smallest absolute Gasteiger partial charge is 0.229 e. The number of nitrogens with zero attached hydrogens (tertiary/aromatic N) is 3. The van der Waals surface area contributed by atoms with Gasteiger partial charge in [-0.15, -0.1) is 0 Å². The highest BCUT2D eigenvalue weighted by atomic mass is 35.5. The Morgan fingerprint density at radius 2 is 1.87 bits per heavy atom. The minimum absolute atomic E-state index is 0.139. The summed E-state index contributed by atoms with van der Waals surface area (Å²) in [5, 5.41) is 4.66. The van der Waals surface area contributed by atoms with E-state index in [0.717, 1.165) is 40.0 Å². The Kier molecular flexibility index (Phi) is 6.89. The fourth-order valence-electron chi connectivity index (χ4n) is 5.48. The molecule has 2 aliphatic rings. The molecular formula is C29H32ClN5O2S2. The number of halogens is 1. The van der Waals surface area contributed by atoms with E-state index in [2.05, 4.69) is 64.8 Å². The maximum atomic E-state index is 11.8. The van der Waals surface area contributed by atoms with Gasteiger partial charge in [0.25, 0.3) is 0 Å². The van der Waals surface area contributed by atoms with E-state index in [0.29, 0.717) is 15.8 Å². The Balaban J connectivity index is 1.67. The molecule has 0 radical (unpaired) electrons. The van der Waals surface area contributed by atoms with Gasteiger partial charge in [0.1, 0.15) is 0 Å².